The summed E-state index contributed by atoms with van der Waals surface area (Å²) in [5, 5.41) is 21.4. The summed E-state index contributed by atoms with van der Waals surface area (Å²) >= 11 is 0.936. The van der Waals surface area contributed by atoms with Crippen LogP contribution in [0.3, 0.4) is 0 Å². The molecule has 0 radical (unpaired) electrons. The average molecular weight is 562 g/mol. The van der Waals surface area contributed by atoms with E-state index in [2.05, 4.69) is 0 Å². The van der Waals surface area contributed by atoms with Crippen LogP contribution in [0.15, 0.2) is 42.5 Å². The van der Waals surface area contributed by atoms with Crippen LogP contribution in [0.25, 0.3) is 10.4 Å². The molecule has 39 heavy (non-hydrogen) atoms. The number of carbonyl (C=O) groups excluding carboxylic acids is 1. The molecule has 9 nitrogen and oxygen atoms in total. The van der Waals surface area contributed by atoms with Crippen LogP contribution in [0.5, 0.6) is 0 Å². The van der Waals surface area contributed by atoms with Crippen molar-refractivity contribution in [3.8, 4) is 10.4 Å². The van der Waals surface area contributed by atoms with Gasteiger partial charge in [-0.05, 0) is 56.8 Å². The predicted molar refractivity (Wildman–Crippen MR) is 144 cm³/mol. The van der Waals surface area contributed by atoms with Crippen molar-refractivity contribution in [3.05, 3.63) is 80.9 Å². The maximum atomic E-state index is 14.7. The Bertz CT molecular complexity index is 1340. The smallest absolute Gasteiger partial charge is 0.415 e. The first-order valence-corrected chi connectivity index (χ1v) is 13.0. The first-order chi connectivity index (χ1) is 18.5. The van der Waals surface area contributed by atoms with E-state index < -0.39 is 46.8 Å². The zero-order valence-corrected chi connectivity index (χ0v) is 22.8. The molecule has 1 amide bonds. The number of nitro benzene ring substituents is 1. The molecule has 0 fully saturated rings. The fourth-order valence-corrected chi connectivity index (χ4v) is 5.32. The Balaban J connectivity index is 2.27. The van der Waals surface area contributed by atoms with Crippen LogP contribution in [0.4, 0.5) is 24.3 Å². The van der Waals surface area contributed by atoms with Gasteiger partial charge in [-0.1, -0.05) is 19.9 Å². The van der Waals surface area contributed by atoms with E-state index in [-0.39, 0.29) is 22.8 Å². The van der Waals surface area contributed by atoms with E-state index in [1.165, 1.54) is 30.3 Å². The van der Waals surface area contributed by atoms with Crippen molar-refractivity contribution < 1.29 is 33.1 Å². The number of rotatable bonds is 11. The summed E-state index contributed by atoms with van der Waals surface area (Å²) in [7, 11) is 3.47. The predicted octanol–water partition coefficient (Wildman–Crippen LogP) is 6.69. The summed E-state index contributed by atoms with van der Waals surface area (Å²) in [5.41, 5.74) is 0.0425. The lowest BCUT2D eigenvalue weighted by molar-refractivity contribution is -0.384. The maximum Gasteiger partial charge on any atom is 0.415 e. The molecule has 3 rings (SSSR count). The number of nitrogens with zero attached hydrogens (tertiary/aromatic N) is 3. The first kappa shape index (κ1) is 29.7. The number of non-ortho nitro benzene ring substituents is 1. The molecule has 0 aliphatic heterocycles. The van der Waals surface area contributed by atoms with Gasteiger partial charge in [0.2, 0.25) is 0 Å². The van der Waals surface area contributed by atoms with E-state index in [0.29, 0.717) is 28.8 Å². The molecule has 0 saturated heterocycles. The Labute approximate surface area is 228 Å². The van der Waals surface area contributed by atoms with Gasteiger partial charge in [0.15, 0.2) is 0 Å². The van der Waals surface area contributed by atoms with Crippen molar-refractivity contribution in [1.82, 2.24) is 4.90 Å². The third kappa shape index (κ3) is 6.76. The monoisotopic (exact) mass is 561 g/mol. The molecular weight excluding hydrogens is 532 g/mol. The van der Waals surface area contributed by atoms with E-state index in [0.717, 1.165) is 28.4 Å². The lowest BCUT2D eigenvalue weighted by Gasteiger charge is -2.25. The van der Waals surface area contributed by atoms with Crippen LogP contribution in [0, 0.1) is 21.7 Å². The van der Waals surface area contributed by atoms with Crippen molar-refractivity contribution in [1.29, 1.82) is 0 Å². The van der Waals surface area contributed by atoms with E-state index in [9.17, 15) is 33.6 Å². The highest BCUT2D eigenvalue weighted by molar-refractivity contribution is 7.20. The number of halogens is 2. The highest BCUT2D eigenvalue weighted by Gasteiger charge is 2.33. The van der Waals surface area contributed by atoms with E-state index in [1.54, 1.807) is 19.0 Å². The highest BCUT2D eigenvalue weighted by Crippen LogP contribution is 2.44. The summed E-state index contributed by atoms with van der Waals surface area (Å²) in [5.74, 6) is -3.14. The molecule has 0 aliphatic carbocycles. The molecule has 1 aromatic heterocycles. The van der Waals surface area contributed by atoms with Crippen LogP contribution in [-0.4, -0.2) is 47.2 Å². The number of hydrogen-bond donors (Lipinski definition) is 1. The van der Waals surface area contributed by atoms with Crippen LogP contribution in [-0.2, 0) is 17.8 Å². The van der Waals surface area contributed by atoms with Crippen LogP contribution >= 0.6 is 11.3 Å². The number of benzene rings is 2. The number of aromatic carboxylic acids is 1. The minimum atomic E-state index is -1.35. The number of ether oxygens (including phenoxy) is 1. The minimum Gasteiger partial charge on any atom is -0.478 e. The third-order valence-electron chi connectivity index (χ3n) is 6.04. The molecule has 0 unspecified atom stereocenters. The SMILES string of the molecule is CCC(CC)OC(=O)N(Cc1c(F)cccc1F)c1sc(-c2ccc([N+](=O)[O-])cc2)c(CN(C)C)c1C(=O)O. The molecule has 12 heteroatoms. The lowest BCUT2D eigenvalue weighted by Crippen LogP contribution is -2.35. The molecular formula is C27H29F2N3O6S. The number of thiophene rings is 1. The number of nitro groups is 1. The molecule has 0 bridgehead atoms. The van der Waals surface area contributed by atoms with Crippen molar-refractivity contribution in [2.45, 2.75) is 45.9 Å². The van der Waals surface area contributed by atoms with Gasteiger partial charge in [-0.15, -0.1) is 11.3 Å². The molecule has 2 aromatic carbocycles. The second-order valence-electron chi connectivity index (χ2n) is 9.05. The summed E-state index contributed by atoms with van der Waals surface area (Å²) in [6.07, 6.45) is -0.462. The number of hydrogen-bond acceptors (Lipinski definition) is 7. The zero-order chi connectivity index (χ0) is 28.9. The van der Waals surface area contributed by atoms with Gasteiger partial charge in [-0.3, -0.25) is 15.0 Å². The number of anilines is 1. The quantitative estimate of drug-likeness (QED) is 0.205. The van der Waals surface area contributed by atoms with E-state index in [1.807, 2.05) is 13.8 Å². The number of carbonyl (C=O) groups is 2. The third-order valence-corrected chi connectivity index (χ3v) is 7.34. The Morgan fingerprint density at radius 1 is 1.03 bits per heavy atom. The summed E-state index contributed by atoms with van der Waals surface area (Å²) < 4.78 is 35.0. The molecule has 208 valence electrons. The standard InChI is InChI=1S/C27H29F2N3O6S/c1-5-18(6-2)38-27(35)31(15-19-21(28)8-7-9-22(19)29)25-23(26(33)34)20(14-30(3)4)24(39-25)16-10-12-17(13-11-16)32(36)37/h7-13,18H,5-6,14-15H2,1-4H3,(H,33,34). The van der Waals surface area contributed by atoms with Crippen LogP contribution in [0.1, 0.15) is 48.2 Å². The molecule has 0 spiro atoms. The Kier molecular flexibility index (Phi) is 9.71. The van der Waals surface area contributed by atoms with Gasteiger partial charge in [-0.2, -0.15) is 0 Å². The van der Waals surface area contributed by atoms with Gasteiger partial charge in [0.05, 0.1) is 17.0 Å². The van der Waals surface area contributed by atoms with Gasteiger partial charge < -0.3 is 14.7 Å². The first-order valence-electron chi connectivity index (χ1n) is 12.2. The molecule has 1 heterocycles. The number of carboxylic acid groups (broad SMARTS) is 1. The van der Waals surface area contributed by atoms with Crippen LogP contribution in [0.2, 0.25) is 0 Å². The Morgan fingerprint density at radius 2 is 1.62 bits per heavy atom. The van der Waals surface area contributed by atoms with E-state index >= 15 is 0 Å². The topological polar surface area (TPSA) is 113 Å². The molecule has 0 aliphatic rings. The van der Waals surface area contributed by atoms with Crippen molar-refractivity contribution in [2.75, 3.05) is 19.0 Å². The second kappa shape index (κ2) is 12.8. The Hall–Kier alpha value is -3.90. The molecule has 0 atom stereocenters. The normalized spacial score (nSPS) is 11.2. The number of carboxylic acids is 1. The van der Waals surface area contributed by atoms with Gasteiger partial charge >= 0.3 is 12.1 Å². The summed E-state index contributed by atoms with van der Waals surface area (Å²) in [6, 6.07) is 8.86. The van der Waals surface area contributed by atoms with Crippen molar-refractivity contribution >= 4 is 34.1 Å². The highest BCUT2D eigenvalue weighted by atomic mass is 32.1. The fourth-order valence-electron chi connectivity index (χ4n) is 4.02. The fraction of sp³-hybridized carbons (Fsp3) is 0.333. The largest absolute Gasteiger partial charge is 0.478 e. The van der Waals surface area contributed by atoms with Gasteiger partial charge in [0.25, 0.3) is 5.69 Å². The average Bonchev–Trinajstić information content (AvgIpc) is 3.25. The van der Waals surface area contributed by atoms with Gasteiger partial charge in [0, 0.05) is 34.7 Å². The maximum absolute atomic E-state index is 14.7. The molecule has 1 N–H and O–H groups in total. The minimum absolute atomic E-state index is 0.0636. The van der Waals surface area contributed by atoms with Gasteiger partial charge in [0.1, 0.15) is 22.7 Å². The van der Waals surface area contributed by atoms with Gasteiger partial charge in [-0.25, -0.2) is 18.4 Å². The second-order valence-corrected chi connectivity index (χ2v) is 10.0. The van der Waals surface area contributed by atoms with E-state index in [4.69, 9.17) is 4.74 Å². The Morgan fingerprint density at radius 3 is 2.10 bits per heavy atom. The van der Waals surface area contributed by atoms with Crippen LogP contribution < -0.4 is 4.90 Å². The molecule has 0 saturated carbocycles. The zero-order valence-electron chi connectivity index (χ0n) is 21.9. The molecule has 3 aromatic rings. The lowest BCUT2D eigenvalue weighted by atomic mass is 10.0. The summed E-state index contributed by atoms with van der Waals surface area (Å²) in [6.45, 7) is 3.17. The number of amides is 1. The van der Waals surface area contributed by atoms with Crippen molar-refractivity contribution in [3.63, 3.8) is 0 Å². The summed E-state index contributed by atoms with van der Waals surface area (Å²) in [4.78, 5) is 39.8. The van der Waals surface area contributed by atoms with Crippen molar-refractivity contribution in [2.24, 2.45) is 0 Å².